The first-order valence-corrected chi connectivity index (χ1v) is 11.9. The molecule has 0 saturated heterocycles. The zero-order valence-corrected chi connectivity index (χ0v) is 20.6. The summed E-state index contributed by atoms with van der Waals surface area (Å²) in [6.07, 6.45) is 0.416. The normalized spacial score (nSPS) is 11.6. The van der Waals surface area contributed by atoms with E-state index in [1.807, 2.05) is 13.8 Å². The summed E-state index contributed by atoms with van der Waals surface area (Å²) in [5.41, 5.74) is 2.21. The molecule has 0 fully saturated rings. The number of ether oxygens (including phenoxy) is 1. The molecule has 2 N–H and O–H groups in total. The van der Waals surface area contributed by atoms with Crippen LogP contribution in [0.2, 0.25) is 0 Å². The summed E-state index contributed by atoms with van der Waals surface area (Å²) >= 11 is 0. The van der Waals surface area contributed by atoms with E-state index in [4.69, 9.17) is 16.4 Å². The van der Waals surface area contributed by atoms with Gasteiger partial charge in [0.15, 0.2) is 5.69 Å². The number of carboxylic acids is 1. The number of hydrogen-bond donors (Lipinski definition) is 2. The second-order valence-corrected chi connectivity index (χ2v) is 9.14. The van der Waals surface area contributed by atoms with Crippen molar-refractivity contribution in [3.05, 3.63) is 106 Å². The molecule has 192 valence electrons. The van der Waals surface area contributed by atoms with Crippen molar-refractivity contribution in [3.8, 4) is 5.75 Å². The van der Waals surface area contributed by atoms with Crippen molar-refractivity contribution in [3.63, 3.8) is 0 Å². The first-order valence-electron chi connectivity index (χ1n) is 11.9. The van der Waals surface area contributed by atoms with E-state index in [2.05, 4.69) is 10.2 Å². The van der Waals surface area contributed by atoms with Gasteiger partial charge in [0.1, 0.15) is 24.0 Å². The minimum atomic E-state index is -0.994. The number of carbonyl (C=O) groups excluding carboxylic acids is 1. The molecule has 0 bridgehead atoms. The largest absolute Gasteiger partial charge is 0.490 e. The fourth-order valence-corrected chi connectivity index (χ4v) is 3.96. The number of rotatable bonds is 11. The molecule has 0 aromatic heterocycles. The third kappa shape index (κ3) is 8.14. The first-order chi connectivity index (χ1) is 17.6. The first kappa shape index (κ1) is 27.3. The maximum atomic E-state index is 13.9. The van der Waals surface area contributed by atoms with E-state index in [-0.39, 0.29) is 30.9 Å². The van der Waals surface area contributed by atoms with Gasteiger partial charge in [-0.05, 0) is 65.8 Å². The Morgan fingerprint density at radius 2 is 1.78 bits per heavy atom. The number of nitrogens with one attached hydrogen (secondary N) is 1. The summed E-state index contributed by atoms with van der Waals surface area (Å²) in [6, 6.07) is 14.3. The standard InChI is InChI=1S/C29H28F2N2O4/c1-18(2)11-27(21-13-22(30)15-23(31)14-21)33-29(36)26-12-19(7-8-20(26)9-10-28(34)35)17-37-25-6-4-5-24(16-25)32-3/h4-8,12-16,18,27H,9-11,17H2,1-2H3,(H,33,36)(H,34,35). The molecule has 0 aliphatic rings. The van der Waals surface area contributed by atoms with Crippen LogP contribution < -0.4 is 10.1 Å². The van der Waals surface area contributed by atoms with Gasteiger partial charge in [-0.1, -0.05) is 38.1 Å². The number of nitrogens with zero attached hydrogens (tertiary/aromatic N) is 1. The summed E-state index contributed by atoms with van der Waals surface area (Å²) in [4.78, 5) is 28.0. The Kier molecular flexibility index (Phi) is 9.33. The van der Waals surface area contributed by atoms with Gasteiger partial charge < -0.3 is 15.2 Å². The van der Waals surface area contributed by atoms with E-state index in [9.17, 15) is 18.4 Å². The van der Waals surface area contributed by atoms with Gasteiger partial charge in [0.25, 0.3) is 5.91 Å². The number of carbonyl (C=O) groups is 2. The second kappa shape index (κ2) is 12.6. The lowest BCUT2D eigenvalue weighted by Gasteiger charge is -2.22. The van der Waals surface area contributed by atoms with Crippen molar-refractivity contribution < 1.29 is 28.2 Å². The Balaban J connectivity index is 1.89. The Morgan fingerprint density at radius 1 is 1.05 bits per heavy atom. The lowest BCUT2D eigenvalue weighted by molar-refractivity contribution is -0.136. The summed E-state index contributed by atoms with van der Waals surface area (Å²) in [6.45, 7) is 11.1. The number of aryl methyl sites for hydroxylation is 1. The summed E-state index contributed by atoms with van der Waals surface area (Å²) in [7, 11) is 0. The molecule has 3 aromatic rings. The Morgan fingerprint density at radius 3 is 2.43 bits per heavy atom. The van der Waals surface area contributed by atoms with Crippen LogP contribution in [0.4, 0.5) is 14.5 Å². The van der Waals surface area contributed by atoms with Crippen LogP contribution in [-0.2, 0) is 17.8 Å². The highest BCUT2D eigenvalue weighted by atomic mass is 19.1. The summed E-state index contributed by atoms with van der Waals surface area (Å²) < 4.78 is 33.6. The smallest absolute Gasteiger partial charge is 0.303 e. The highest BCUT2D eigenvalue weighted by Gasteiger charge is 2.21. The number of amides is 1. The minimum absolute atomic E-state index is 0.117. The van der Waals surface area contributed by atoms with E-state index in [1.165, 1.54) is 12.1 Å². The molecule has 0 radical (unpaired) electrons. The number of carboxylic acid groups (broad SMARTS) is 1. The van der Waals surface area contributed by atoms with Crippen molar-refractivity contribution in [1.82, 2.24) is 5.32 Å². The van der Waals surface area contributed by atoms with Gasteiger partial charge in [0.2, 0.25) is 0 Å². The molecule has 0 heterocycles. The van der Waals surface area contributed by atoms with Crippen molar-refractivity contribution in [2.24, 2.45) is 5.92 Å². The third-order valence-electron chi connectivity index (χ3n) is 5.68. The maximum absolute atomic E-state index is 13.9. The molecule has 0 saturated carbocycles. The molecular weight excluding hydrogens is 478 g/mol. The zero-order chi connectivity index (χ0) is 26.9. The van der Waals surface area contributed by atoms with Crippen molar-refractivity contribution in [2.75, 3.05) is 0 Å². The van der Waals surface area contributed by atoms with Gasteiger partial charge in [-0.25, -0.2) is 13.6 Å². The topological polar surface area (TPSA) is 80.0 Å². The number of halogens is 2. The number of benzene rings is 3. The zero-order valence-electron chi connectivity index (χ0n) is 20.6. The molecule has 1 atom stereocenters. The average Bonchev–Trinajstić information content (AvgIpc) is 2.85. The van der Waals surface area contributed by atoms with Crippen LogP contribution in [0.15, 0.2) is 60.7 Å². The van der Waals surface area contributed by atoms with Gasteiger partial charge in [0, 0.05) is 18.1 Å². The summed E-state index contributed by atoms with van der Waals surface area (Å²) in [5.74, 6) is -2.32. The van der Waals surface area contributed by atoms with Crippen LogP contribution in [0.3, 0.4) is 0 Å². The maximum Gasteiger partial charge on any atom is 0.303 e. The molecule has 0 aliphatic carbocycles. The van der Waals surface area contributed by atoms with Gasteiger partial charge in [-0.15, -0.1) is 0 Å². The summed E-state index contributed by atoms with van der Waals surface area (Å²) in [5, 5.41) is 12.0. The second-order valence-electron chi connectivity index (χ2n) is 9.14. The van der Waals surface area contributed by atoms with Gasteiger partial charge in [-0.3, -0.25) is 9.59 Å². The third-order valence-corrected chi connectivity index (χ3v) is 5.68. The Bertz CT molecular complexity index is 1300. The number of hydrogen-bond acceptors (Lipinski definition) is 3. The molecule has 0 aliphatic heterocycles. The van der Waals surface area contributed by atoms with E-state index < -0.39 is 29.6 Å². The van der Waals surface area contributed by atoms with E-state index in [1.54, 1.807) is 42.5 Å². The molecule has 37 heavy (non-hydrogen) atoms. The van der Waals surface area contributed by atoms with Crippen LogP contribution in [-0.4, -0.2) is 17.0 Å². The van der Waals surface area contributed by atoms with Crippen LogP contribution >= 0.6 is 0 Å². The molecule has 3 rings (SSSR count). The van der Waals surface area contributed by atoms with Crippen molar-refractivity contribution in [1.29, 1.82) is 0 Å². The van der Waals surface area contributed by atoms with Gasteiger partial charge >= 0.3 is 5.97 Å². The van der Waals surface area contributed by atoms with E-state index in [0.29, 0.717) is 34.5 Å². The molecule has 1 amide bonds. The molecule has 1 unspecified atom stereocenters. The quantitative estimate of drug-likeness (QED) is 0.286. The average molecular weight is 507 g/mol. The Hall–Kier alpha value is -4.25. The predicted molar refractivity (Wildman–Crippen MR) is 135 cm³/mol. The SMILES string of the molecule is [C-]#[N+]c1cccc(OCc2ccc(CCC(=O)O)c(C(=O)NC(CC(C)C)c3cc(F)cc(F)c3)c2)c1. The lowest BCUT2D eigenvalue weighted by Crippen LogP contribution is -2.30. The molecule has 3 aromatic carbocycles. The minimum Gasteiger partial charge on any atom is -0.490 e. The highest BCUT2D eigenvalue weighted by Crippen LogP contribution is 2.25. The van der Waals surface area contributed by atoms with Crippen LogP contribution in [0.5, 0.6) is 5.75 Å². The van der Waals surface area contributed by atoms with Gasteiger partial charge in [0.05, 0.1) is 12.6 Å². The fraction of sp³-hybridized carbons (Fsp3) is 0.276. The fourth-order valence-electron chi connectivity index (χ4n) is 3.96. The van der Waals surface area contributed by atoms with Gasteiger partial charge in [-0.2, -0.15) is 0 Å². The molecular formula is C29H28F2N2O4. The van der Waals surface area contributed by atoms with Crippen molar-refractivity contribution in [2.45, 2.75) is 45.8 Å². The van der Waals surface area contributed by atoms with Crippen LogP contribution in [0.25, 0.3) is 4.85 Å². The monoisotopic (exact) mass is 506 g/mol. The van der Waals surface area contributed by atoms with Crippen LogP contribution in [0, 0.1) is 24.1 Å². The Labute approximate surface area is 214 Å². The lowest BCUT2D eigenvalue weighted by atomic mass is 9.95. The van der Waals surface area contributed by atoms with Crippen molar-refractivity contribution >= 4 is 17.6 Å². The molecule has 0 spiro atoms. The number of aliphatic carboxylic acids is 1. The highest BCUT2D eigenvalue weighted by molar-refractivity contribution is 5.96. The van der Waals surface area contributed by atoms with Crippen LogP contribution in [0.1, 0.15) is 59.8 Å². The molecule has 8 heteroatoms. The van der Waals surface area contributed by atoms with E-state index >= 15 is 0 Å². The predicted octanol–water partition coefficient (Wildman–Crippen LogP) is 6.63. The molecule has 6 nitrogen and oxygen atoms in total. The van der Waals surface area contributed by atoms with E-state index in [0.717, 1.165) is 6.07 Å².